The molecule has 1 heterocycles. The van der Waals surface area contributed by atoms with Crippen LogP contribution in [0, 0.1) is 17.8 Å². The molecule has 2 aromatic rings. The van der Waals surface area contributed by atoms with Gasteiger partial charge in [-0.05, 0) is 62.5 Å². The van der Waals surface area contributed by atoms with Crippen LogP contribution in [-0.4, -0.2) is 32.7 Å². The summed E-state index contributed by atoms with van der Waals surface area (Å²) in [4.78, 5) is 39.1. The Labute approximate surface area is 188 Å². The summed E-state index contributed by atoms with van der Waals surface area (Å²) in [7, 11) is 1.59. The zero-order chi connectivity index (χ0) is 22.7. The number of piperidine rings is 1. The molecule has 2 fully saturated rings. The lowest BCUT2D eigenvalue weighted by molar-refractivity contribution is -0.121. The van der Waals surface area contributed by atoms with Crippen molar-refractivity contribution in [3.63, 3.8) is 0 Å². The number of amides is 1. The molecule has 2 N–H and O–H groups in total. The van der Waals surface area contributed by atoms with Gasteiger partial charge in [0.2, 0.25) is 5.91 Å². The largest absolute Gasteiger partial charge is 0.495 e. The van der Waals surface area contributed by atoms with Gasteiger partial charge in [-0.15, -0.1) is 0 Å². The summed E-state index contributed by atoms with van der Waals surface area (Å²) in [6.07, 6.45) is 5.58. The van der Waals surface area contributed by atoms with Gasteiger partial charge in [0.25, 0.3) is 10.9 Å². The number of nitrogens with zero attached hydrogens (tertiary/aromatic N) is 1. The molecular weight excluding hydrogens is 406 g/mol. The van der Waals surface area contributed by atoms with Crippen LogP contribution in [0.4, 0.5) is 17.1 Å². The SMILES string of the molecule is COc1ccccc1NC(=O)C1CCC(CNc2c(N3CCC(C)CC3)c(=O)c2=O)CC1. The Morgan fingerprint density at radius 1 is 1.03 bits per heavy atom. The summed E-state index contributed by atoms with van der Waals surface area (Å²) in [5, 5.41) is 6.27. The number of para-hydroxylation sites is 2. The lowest BCUT2D eigenvalue weighted by Gasteiger charge is -2.34. The van der Waals surface area contributed by atoms with E-state index in [-0.39, 0.29) is 22.7 Å². The van der Waals surface area contributed by atoms with E-state index in [2.05, 4.69) is 22.5 Å². The predicted molar refractivity (Wildman–Crippen MR) is 128 cm³/mol. The van der Waals surface area contributed by atoms with E-state index in [1.807, 2.05) is 24.3 Å². The smallest absolute Gasteiger partial charge is 0.253 e. The fourth-order valence-corrected chi connectivity index (χ4v) is 4.94. The average molecular weight is 440 g/mol. The molecule has 7 nitrogen and oxygen atoms in total. The summed E-state index contributed by atoms with van der Waals surface area (Å²) in [6.45, 7) is 4.58. The maximum Gasteiger partial charge on any atom is 0.253 e. The van der Waals surface area contributed by atoms with Crippen LogP contribution in [0.2, 0.25) is 0 Å². The second-order valence-electron chi connectivity index (χ2n) is 9.34. The van der Waals surface area contributed by atoms with Crippen molar-refractivity contribution in [3.05, 3.63) is 44.7 Å². The minimum Gasteiger partial charge on any atom is -0.495 e. The van der Waals surface area contributed by atoms with Gasteiger partial charge in [-0.1, -0.05) is 19.1 Å². The first-order valence-electron chi connectivity index (χ1n) is 11.7. The molecule has 2 aromatic carbocycles. The van der Waals surface area contributed by atoms with E-state index in [9.17, 15) is 14.4 Å². The first kappa shape index (κ1) is 22.4. The number of methoxy groups -OCH3 is 1. The number of hydrogen-bond acceptors (Lipinski definition) is 6. The molecule has 1 saturated carbocycles. The minimum atomic E-state index is -0.386. The lowest BCUT2D eigenvalue weighted by atomic mass is 9.81. The number of ether oxygens (including phenoxy) is 1. The zero-order valence-corrected chi connectivity index (χ0v) is 19.0. The molecule has 1 aliphatic heterocycles. The van der Waals surface area contributed by atoms with E-state index in [0.717, 1.165) is 51.6 Å². The first-order chi connectivity index (χ1) is 15.5. The van der Waals surface area contributed by atoms with Crippen molar-refractivity contribution in [2.75, 3.05) is 42.3 Å². The van der Waals surface area contributed by atoms with Crippen LogP contribution >= 0.6 is 0 Å². The topological polar surface area (TPSA) is 87.7 Å². The predicted octanol–water partition coefficient (Wildman–Crippen LogP) is 3.38. The quantitative estimate of drug-likeness (QED) is 0.643. The maximum absolute atomic E-state index is 12.7. The van der Waals surface area contributed by atoms with Crippen molar-refractivity contribution in [1.82, 2.24) is 0 Å². The number of benzene rings is 1. The number of anilines is 3. The Morgan fingerprint density at radius 2 is 1.72 bits per heavy atom. The van der Waals surface area contributed by atoms with Crippen molar-refractivity contribution >= 4 is 23.0 Å². The summed E-state index contributed by atoms with van der Waals surface area (Å²) < 4.78 is 5.31. The molecule has 32 heavy (non-hydrogen) atoms. The standard InChI is InChI=1S/C25H33N3O4/c1-16-11-13-28(14-12-16)22-21(23(29)24(22)30)26-15-17-7-9-18(10-8-17)25(31)27-19-5-3-4-6-20(19)32-2/h3-6,16-18,26H,7-15H2,1-2H3,(H,27,31). The Kier molecular flexibility index (Phi) is 6.82. The van der Waals surface area contributed by atoms with Gasteiger partial charge in [-0.25, -0.2) is 0 Å². The van der Waals surface area contributed by atoms with Gasteiger partial charge < -0.3 is 20.3 Å². The number of rotatable bonds is 7. The van der Waals surface area contributed by atoms with E-state index in [0.29, 0.717) is 41.2 Å². The highest BCUT2D eigenvalue weighted by Gasteiger charge is 2.30. The molecule has 172 valence electrons. The van der Waals surface area contributed by atoms with Crippen molar-refractivity contribution < 1.29 is 9.53 Å². The van der Waals surface area contributed by atoms with Crippen molar-refractivity contribution in [3.8, 4) is 5.75 Å². The van der Waals surface area contributed by atoms with Gasteiger partial charge in [-0.2, -0.15) is 0 Å². The van der Waals surface area contributed by atoms with Gasteiger partial charge in [0.1, 0.15) is 17.1 Å². The number of carbonyl (C=O) groups excluding carboxylic acids is 1. The third-order valence-corrected chi connectivity index (χ3v) is 7.13. The second kappa shape index (κ2) is 9.76. The highest BCUT2D eigenvalue weighted by molar-refractivity contribution is 5.94. The number of nitrogens with one attached hydrogen (secondary N) is 2. The van der Waals surface area contributed by atoms with E-state index in [1.165, 1.54) is 0 Å². The Bertz CT molecular complexity index is 1010. The molecule has 0 spiro atoms. The molecule has 0 aromatic heterocycles. The molecule has 1 saturated heterocycles. The van der Waals surface area contributed by atoms with E-state index in [1.54, 1.807) is 7.11 Å². The van der Waals surface area contributed by atoms with Gasteiger partial charge >= 0.3 is 0 Å². The minimum absolute atomic E-state index is 0.0202. The maximum atomic E-state index is 12.7. The first-order valence-corrected chi connectivity index (χ1v) is 11.7. The average Bonchev–Trinajstić information content (AvgIpc) is 2.82. The molecule has 4 rings (SSSR count). The molecular formula is C25H33N3O4. The highest BCUT2D eigenvalue weighted by Crippen LogP contribution is 2.32. The van der Waals surface area contributed by atoms with Crippen LogP contribution in [0.3, 0.4) is 0 Å². The van der Waals surface area contributed by atoms with Crippen molar-refractivity contribution in [2.24, 2.45) is 17.8 Å². The molecule has 0 unspecified atom stereocenters. The van der Waals surface area contributed by atoms with Gasteiger partial charge in [-0.3, -0.25) is 14.4 Å². The fraction of sp³-hybridized carbons (Fsp3) is 0.560. The van der Waals surface area contributed by atoms with Crippen LogP contribution in [-0.2, 0) is 4.79 Å². The van der Waals surface area contributed by atoms with Crippen LogP contribution < -0.4 is 31.1 Å². The Hall–Kier alpha value is -2.83. The zero-order valence-electron chi connectivity index (χ0n) is 19.0. The van der Waals surface area contributed by atoms with E-state index in [4.69, 9.17) is 4.74 Å². The molecule has 2 aliphatic rings. The normalized spacial score (nSPS) is 22.0. The fourth-order valence-electron chi connectivity index (χ4n) is 4.94. The number of hydrogen-bond donors (Lipinski definition) is 2. The lowest BCUT2D eigenvalue weighted by Crippen LogP contribution is -2.45. The van der Waals surface area contributed by atoms with Gasteiger partial charge in [0.15, 0.2) is 0 Å². The summed E-state index contributed by atoms with van der Waals surface area (Å²) in [5.41, 5.74) is 1.05. The van der Waals surface area contributed by atoms with Crippen LogP contribution in [0.15, 0.2) is 33.9 Å². The summed E-state index contributed by atoms with van der Waals surface area (Å²) in [6, 6.07) is 7.43. The molecule has 0 atom stereocenters. The van der Waals surface area contributed by atoms with Crippen LogP contribution in [0.1, 0.15) is 45.4 Å². The molecule has 7 heteroatoms. The molecule has 1 aliphatic carbocycles. The van der Waals surface area contributed by atoms with Crippen molar-refractivity contribution in [2.45, 2.75) is 45.4 Å². The van der Waals surface area contributed by atoms with Gasteiger partial charge in [0.05, 0.1) is 12.8 Å². The molecule has 0 bridgehead atoms. The number of carbonyl (C=O) groups is 1. The van der Waals surface area contributed by atoms with E-state index < -0.39 is 0 Å². The summed E-state index contributed by atoms with van der Waals surface area (Å²) >= 11 is 0. The highest BCUT2D eigenvalue weighted by atomic mass is 16.5. The van der Waals surface area contributed by atoms with Gasteiger partial charge in [0, 0.05) is 25.6 Å². The van der Waals surface area contributed by atoms with Crippen molar-refractivity contribution in [1.29, 1.82) is 0 Å². The summed E-state index contributed by atoms with van der Waals surface area (Å²) in [5.74, 6) is 1.73. The molecule has 0 radical (unpaired) electrons. The monoisotopic (exact) mass is 439 g/mol. The Balaban J connectivity index is 1.27. The third kappa shape index (κ3) is 4.66. The Morgan fingerprint density at radius 3 is 2.41 bits per heavy atom. The van der Waals surface area contributed by atoms with Crippen LogP contribution in [0.5, 0.6) is 5.75 Å². The molecule has 1 amide bonds. The second-order valence-corrected chi connectivity index (χ2v) is 9.34. The van der Waals surface area contributed by atoms with Crippen LogP contribution in [0.25, 0.3) is 0 Å². The van der Waals surface area contributed by atoms with E-state index >= 15 is 0 Å². The third-order valence-electron chi connectivity index (χ3n) is 7.13.